The van der Waals surface area contributed by atoms with E-state index in [0.717, 1.165) is 6.07 Å². The van der Waals surface area contributed by atoms with Crippen LogP contribution in [0, 0.1) is 11.7 Å². The highest BCUT2D eigenvalue weighted by atomic mass is 32.2. The number of nitrogens with one attached hydrogen (secondary N) is 1. The second-order valence-electron chi connectivity index (χ2n) is 12.5. The molecule has 0 saturated carbocycles. The number of hydrogen-bond donors (Lipinski definition) is 2. The molecule has 2 fully saturated rings. The van der Waals surface area contributed by atoms with Gasteiger partial charge in [-0.2, -0.15) is 0 Å². The summed E-state index contributed by atoms with van der Waals surface area (Å²) in [5, 5.41) is 14.3. The molecular weight excluding hydrogens is 621 g/mol. The molecule has 1 aromatic carbocycles. The van der Waals surface area contributed by atoms with Crippen LogP contribution in [0.25, 0.3) is 11.0 Å². The summed E-state index contributed by atoms with van der Waals surface area (Å²) in [4.78, 5) is 26.3. The minimum Gasteiger partial charge on any atom is -0.392 e. The molecule has 2 atom stereocenters. The lowest BCUT2D eigenvalue weighted by Gasteiger charge is -2.37. The van der Waals surface area contributed by atoms with Gasteiger partial charge in [-0.05, 0) is 51.8 Å². The van der Waals surface area contributed by atoms with Crippen LogP contribution in [0.15, 0.2) is 47.5 Å². The summed E-state index contributed by atoms with van der Waals surface area (Å²) in [7, 11) is -3.21. The molecule has 8 bridgehead atoms. The van der Waals surface area contributed by atoms with Crippen LogP contribution in [0.3, 0.4) is 0 Å². The molecule has 7 rings (SSSR count). The number of anilines is 2. The first kappa shape index (κ1) is 32.5. The normalized spacial score (nSPS) is 27.5. The van der Waals surface area contributed by atoms with Gasteiger partial charge in [0.05, 0.1) is 34.6 Å². The highest BCUT2D eigenvalue weighted by Crippen LogP contribution is 2.44. The molecule has 0 amide bonds. The number of pyridine rings is 1. The van der Waals surface area contributed by atoms with Crippen LogP contribution in [-0.2, 0) is 22.3 Å². The zero-order valence-corrected chi connectivity index (χ0v) is 26.5. The molecule has 14 heteroatoms. The van der Waals surface area contributed by atoms with E-state index in [-0.39, 0.29) is 66.6 Å². The van der Waals surface area contributed by atoms with Gasteiger partial charge in [0.2, 0.25) is 0 Å². The molecule has 46 heavy (non-hydrogen) atoms. The number of halogens is 3. The molecule has 6 heterocycles. The number of aliphatic hydroxyl groups excluding tert-OH is 1. The Balaban J connectivity index is 1.44. The van der Waals surface area contributed by atoms with Crippen LogP contribution < -0.4 is 15.8 Å². The Morgan fingerprint density at radius 2 is 1.78 bits per heavy atom. The van der Waals surface area contributed by atoms with E-state index >= 15 is 13.2 Å². The van der Waals surface area contributed by atoms with Crippen LogP contribution in [0.1, 0.15) is 49.8 Å². The number of benzene rings is 1. The Kier molecular flexibility index (Phi) is 9.14. The predicted molar refractivity (Wildman–Crippen MR) is 171 cm³/mol. The Morgan fingerprint density at radius 1 is 1.04 bits per heavy atom. The van der Waals surface area contributed by atoms with Crippen molar-refractivity contribution in [3.63, 3.8) is 0 Å². The van der Waals surface area contributed by atoms with Gasteiger partial charge in [-0.15, -0.1) is 0 Å². The summed E-state index contributed by atoms with van der Waals surface area (Å²) in [5.41, 5.74) is -0.348. The highest BCUT2D eigenvalue weighted by Gasteiger charge is 2.45. The number of aliphatic hydroxyl groups is 1. The smallest absolute Gasteiger partial charge is 0.278 e. The number of piperidine rings is 1. The average molecular weight is 661 g/mol. The van der Waals surface area contributed by atoms with Gasteiger partial charge in [0, 0.05) is 37.7 Å². The number of rotatable bonds is 1. The van der Waals surface area contributed by atoms with E-state index in [1.54, 1.807) is 17.9 Å². The maximum Gasteiger partial charge on any atom is 0.278 e. The monoisotopic (exact) mass is 660 g/mol. The third-order valence-corrected chi connectivity index (χ3v) is 11.1. The average Bonchev–Trinajstić information content (AvgIpc) is 3.02. The van der Waals surface area contributed by atoms with E-state index in [0.29, 0.717) is 43.5 Å². The summed E-state index contributed by atoms with van der Waals surface area (Å²) < 4.78 is 73.4. The van der Waals surface area contributed by atoms with Crippen LogP contribution >= 0.6 is 0 Å². The van der Waals surface area contributed by atoms with E-state index in [1.165, 1.54) is 23.0 Å². The standard InChI is InChI=1S/C32H39F3N6O4S/c1-21-24-7-5-8-26(28(24)33)32(34,35)22-9-12-39(13-10-22)19-23(42)6-3-2-4-11-41-30-25(29(38-21)36-20-37-30)18-27(31(41)43)40-14-16-46(44,45)17-15-40/h2,4-5,7-8,18,20-23,42H,3,6,9-17,19H2,1H3,(H,36,37,38)/b4-2-/t21-,23?/m1/s1. The Morgan fingerprint density at radius 3 is 2.52 bits per heavy atom. The molecular formula is C32H39F3N6O4S. The number of alkyl halides is 2. The number of sulfone groups is 1. The van der Waals surface area contributed by atoms with E-state index in [2.05, 4.69) is 15.3 Å². The summed E-state index contributed by atoms with van der Waals surface area (Å²) in [6, 6.07) is 4.88. The molecule has 1 unspecified atom stereocenters. The molecule has 248 valence electrons. The minimum absolute atomic E-state index is 0.0492. The van der Waals surface area contributed by atoms with Crippen molar-refractivity contribution in [1.82, 2.24) is 19.4 Å². The molecule has 0 spiro atoms. The van der Waals surface area contributed by atoms with Crippen molar-refractivity contribution in [3.05, 3.63) is 70.0 Å². The Hall–Kier alpha value is -3.49. The van der Waals surface area contributed by atoms with Crippen LogP contribution in [0.4, 0.5) is 24.7 Å². The van der Waals surface area contributed by atoms with Crippen molar-refractivity contribution < 1.29 is 26.7 Å². The van der Waals surface area contributed by atoms with E-state index < -0.39 is 45.2 Å². The lowest BCUT2D eigenvalue weighted by Crippen LogP contribution is -2.43. The Labute approximate surface area is 265 Å². The molecule has 10 nitrogen and oxygen atoms in total. The second kappa shape index (κ2) is 13.0. The molecule has 2 aromatic heterocycles. The van der Waals surface area contributed by atoms with Gasteiger partial charge < -0.3 is 20.2 Å². The topological polar surface area (TPSA) is 121 Å². The van der Waals surface area contributed by atoms with Crippen molar-refractivity contribution >= 4 is 32.4 Å². The van der Waals surface area contributed by atoms with Crippen LogP contribution in [0.2, 0.25) is 0 Å². The van der Waals surface area contributed by atoms with Gasteiger partial charge in [0.25, 0.3) is 11.5 Å². The maximum atomic E-state index is 16.0. The number of hydrogen-bond acceptors (Lipinski definition) is 9. The second-order valence-corrected chi connectivity index (χ2v) is 14.8. The number of aromatic nitrogens is 3. The minimum atomic E-state index is -3.39. The maximum absolute atomic E-state index is 16.0. The first-order chi connectivity index (χ1) is 21.9. The van der Waals surface area contributed by atoms with Crippen molar-refractivity contribution in [3.8, 4) is 0 Å². The van der Waals surface area contributed by atoms with Crippen LogP contribution in [0.5, 0.6) is 0 Å². The van der Waals surface area contributed by atoms with E-state index in [9.17, 15) is 18.3 Å². The Bertz CT molecular complexity index is 1780. The number of nitrogens with zero attached hydrogens (tertiary/aromatic N) is 5. The van der Waals surface area contributed by atoms with E-state index in [1.807, 2.05) is 17.1 Å². The first-order valence-electron chi connectivity index (χ1n) is 15.8. The fraction of sp³-hybridized carbons (Fsp3) is 0.531. The molecule has 3 aromatic rings. The van der Waals surface area contributed by atoms with Gasteiger partial charge in [0.1, 0.15) is 29.3 Å². The van der Waals surface area contributed by atoms with Gasteiger partial charge in [-0.25, -0.2) is 31.6 Å². The molecule has 0 aliphatic carbocycles. The first-order valence-corrected chi connectivity index (χ1v) is 17.6. The molecule has 4 aliphatic heterocycles. The van der Waals surface area contributed by atoms with Gasteiger partial charge in [-0.3, -0.25) is 9.36 Å². The number of allylic oxidation sites excluding steroid dienone is 2. The SMILES string of the molecule is C[C@H]1Nc2ncnc3c2cc(N2CCS(=O)(=O)CC2)c(=O)n3C/C=C\CCC(O)CN2CCC(CC2)C(F)(F)c2cccc1c2F. The van der Waals surface area contributed by atoms with Gasteiger partial charge in [0.15, 0.2) is 9.84 Å². The molecule has 0 radical (unpaired) electrons. The lowest BCUT2D eigenvalue weighted by atomic mass is 9.85. The predicted octanol–water partition coefficient (Wildman–Crippen LogP) is 3.85. The summed E-state index contributed by atoms with van der Waals surface area (Å²) in [6.07, 6.45) is 5.70. The van der Waals surface area contributed by atoms with Crippen molar-refractivity contribution in [2.24, 2.45) is 5.92 Å². The largest absolute Gasteiger partial charge is 0.392 e. The highest BCUT2D eigenvalue weighted by molar-refractivity contribution is 7.91. The quantitative estimate of drug-likeness (QED) is 0.375. The summed E-state index contributed by atoms with van der Waals surface area (Å²) in [5.74, 6) is -5.29. The van der Waals surface area contributed by atoms with Crippen molar-refractivity contribution in [2.45, 2.75) is 57.2 Å². The van der Waals surface area contributed by atoms with E-state index in [4.69, 9.17) is 0 Å². The molecule has 2 saturated heterocycles. The van der Waals surface area contributed by atoms with Crippen LogP contribution in [-0.4, -0.2) is 83.3 Å². The zero-order valence-electron chi connectivity index (χ0n) is 25.7. The summed E-state index contributed by atoms with van der Waals surface area (Å²) in [6.45, 7) is 3.25. The van der Waals surface area contributed by atoms with Crippen molar-refractivity contribution in [2.75, 3.05) is 54.4 Å². The van der Waals surface area contributed by atoms with Gasteiger partial charge >= 0.3 is 0 Å². The fourth-order valence-corrected chi connectivity index (χ4v) is 7.93. The summed E-state index contributed by atoms with van der Waals surface area (Å²) >= 11 is 0. The number of fused-ring (bicyclic) bond motifs is 8. The van der Waals surface area contributed by atoms with Gasteiger partial charge in [-0.1, -0.05) is 30.4 Å². The lowest BCUT2D eigenvalue weighted by molar-refractivity contribution is -0.0898. The van der Waals surface area contributed by atoms with Crippen molar-refractivity contribution in [1.29, 1.82) is 0 Å². The fourth-order valence-electron chi connectivity index (χ4n) is 6.73. The zero-order chi connectivity index (χ0) is 32.6. The third kappa shape index (κ3) is 6.52. The molecule has 4 aliphatic rings. The molecule has 2 N–H and O–H groups in total. The third-order valence-electron chi connectivity index (χ3n) is 9.45.